The number of thioether (sulfide) groups is 1. The number of anilines is 1. The van der Waals surface area contributed by atoms with Crippen LogP contribution in [-0.4, -0.2) is 24.0 Å². The number of nitrogens with zero attached hydrogens (tertiary/aromatic N) is 2. The van der Waals surface area contributed by atoms with Crippen molar-refractivity contribution in [3.63, 3.8) is 0 Å². The number of benzene rings is 1. The summed E-state index contributed by atoms with van der Waals surface area (Å²) in [5.41, 5.74) is 0.898. The SMILES string of the molecule is N#CCCN(C(=O)C1CCSC1)c1ccccc1. The summed E-state index contributed by atoms with van der Waals surface area (Å²) >= 11 is 1.83. The normalized spacial score (nSPS) is 18.3. The fourth-order valence-electron chi connectivity index (χ4n) is 2.09. The smallest absolute Gasteiger partial charge is 0.230 e. The molecule has 1 aromatic carbocycles. The molecule has 1 atom stereocenters. The van der Waals surface area contributed by atoms with E-state index in [-0.39, 0.29) is 11.8 Å². The minimum absolute atomic E-state index is 0.119. The molecule has 1 aliphatic heterocycles. The minimum atomic E-state index is 0.119. The molecule has 0 bridgehead atoms. The predicted molar refractivity (Wildman–Crippen MR) is 74.5 cm³/mol. The number of hydrogen-bond acceptors (Lipinski definition) is 3. The van der Waals surface area contributed by atoms with Crippen LogP contribution in [0.2, 0.25) is 0 Å². The van der Waals surface area contributed by atoms with E-state index in [1.807, 2.05) is 42.1 Å². The lowest BCUT2D eigenvalue weighted by Gasteiger charge is -2.24. The fourth-order valence-corrected chi connectivity index (χ4v) is 3.30. The molecular formula is C14H16N2OS. The summed E-state index contributed by atoms with van der Waals surface area (Å²) in [6.45, 7) is 0.487. The van der Waals surface area contributed by atoms with E-state index in [4.69, 9.17) is 5.26 Å². The molecular weight excluding hydrogens is 244 g/mol. The van der Waals surface area contributed by atoms with Gasteiger partial charge in [0.05, 0.1) is 12.5 Å². The van der Waals surface area contributed by atoms with Crippen LogP contribution in [0.5, 0.6) is 0 Å². The first-order valence-electron chi connectivity index (χ1n) is 6.14. The van der Waals surface area contributed by atoms with Crippen molar-refractivity contribution in [2.45, 2.75) is 12.8 Å². The molecule has 18 heavy (non-hydrogen) atoms. The molecule has 1 fully saturated rings. The molecule has 0 aliphatic carbocycles. The van der Waals surface area contributed by atoms with E-state index in [0.29, 0.717) is 13.0 Å². The van der Waals surface area contributed by atoms with Gasteiger partial charge in [0.15, 0.2) is 0 Å². The molecule has 94 valence electrons. The van der Waals surface area contributed by atoms with Gasteiger partial charge in [-0.05, 0) is 24.3 Å². The first-order chi connectivity index (χ1) is 8.83. The molecule has 3 nitrogen and oxygen atoms in total. The van der Waals surface area contributed by atoms with Gasteiger partial charge in [0.25, 0.3) is 0 Å². The molecule has 1 heterocycles. The number of hydrogen-bond donors (Lipinski definition) is 0. The molecule has 1 unspecified atom stereocenters. The third-order valence-electron chi connectivity index (χ3n) is 3.06. The van der Waals surface area contributed by atoms with Crippen LogP contribution in [0.1, 0.15) is 12.8 Å². The summed E-state index contributed by atoms with van der Waals surface area (Å²) in [6, 6.07) is 11.7. The maximum Gasteiger partial charge on any atom is 0.230 e. The van der Waals surface area contributed by atoms with Crippen LogP contribution >= 0.6 is 11.8 Å². The average molecular weight is 260 g/mol. The van der Waals surface area contributed by atoms with Crippen molar-refractivity contribution in [3.05, 3.63) is 30.3 Å². The summed E-state index contributed by atoms with van der Waals surface area (Å²) in [5, 5.41) is 8.72. The van der Waals surface area contributed by atoms with E-state index in [9.17, 15) is 4.79 Å². The second-order valence-electron chi connectivity index (χ2n) is 4.29. The highest BCUT2D eigenvalue weighted by atomic mass is 32.2. The third kappa shape index (κ3) is 3.05. The van der Waals surface area contributed by atoms with Crippen LogP contribution in [0.3, 0.4) is 0 Å². The Morgan fingerprint density at radius 3 is 2.83 bits per heavy atom. The van der Waals surface area contributed by atoms with E-state index >= 15 is 0 Å². The van der Waals surface area contributed by atoms with Crippen molar-refractivity contribution in [2.75, 3.05) is 23.0 Å². The second kappa shape index (κ2) is 6.46. The Morgan fingerprint density at radius 1 is 1.44 bits per heavy atom. The molecule has 0 spiro atoms. The summed E-state index contributed by atoms with van der Waals surface area (Å²) in [6.07, 6.45) is 1.33. The monoisotopic (exact) mass is 260 g/mol. The predicted octanol–water partition coefficient (Wildman–Crippen LogP) is 2.69. The van der Waals surface area contributed by atoms with Gasteiger partial charge in [-0.1, -0.05) is 18.2 Å². The van der Waals surface area contributed by atoms with Gasteiger partial charge in [-0.2, -0.15) is 17.0 Å². The maximum absolute atomic E-state index is 12.5. The molecule has 1 aliphatic rings. The largest absolute Gasteiger partial charge is 0.311 e. The maximum atomic E-state index is 12.5. The van der Waals surface area contributed by atoms with Crippen LogP contribution < -0.4 is 4.90 Å². The van der Waals surface area contributed by atoms with Crippen LogP contribution in [0.4, 0.5) is 5.69 Å². The van der Waals surface area contributed by atoms with Crippen molar-refractivity contribution in [1.82, 2.24) is 0 Å². The lowest BCUT2D eigenvalue weighted by Crippen LogP contribution is -2.37. The zero-order valence-electron chi connectivity index (χ0n) is 10.2. The fraction of sp³-hybridized carbons (Fsp3) is 0.429. The number of carbonyl (C=O) groups excluding carboxylic acids is 1. The Balaban J connectivity index is 2.14. The first-order valence-corrected chi connectivity index (χ1v) is 7.29. The summed E-state index contributed by atoms with van der Waals surface area (Å²) < 4.78 is 0. The quantitative estimate of drug-likeness (QED) is 0.836. The molecule has 1 aromatic rings. The Labute approximate surface area is 112 Å². The van der Waals surface area contributed by atoms with E-state index in [1.165, 1.54) is 0 Å². The highest BCUT2D eigenvalue weighted by Gasteiger charge is 2.28. The van der Waals surface area contributed by atoms with E-state index in [1.54, 1.807) is 4.90 Å². The van der Waals surface area contributed by atoms with Gasteiger partial charge in [0, 0.05) is 23.9 Å². The Morgan fingerprint density at radius 2 is 2.22 bits per heavy atom. The molecule has 1 saturated heterocycles. The third-order valence-corrected chi connectivity index (χ3v) is 4.22. The van der Waals surface area contributed by atoms with E-state index in [2.05, 4.69) is 6.07 Å². The molecule has 0 aromatic heterocycles. The van der Waals surface area contributed by atoms with E-state index < -0.39 is 0 Å². The Bertz CT molecular complexity index is 435. The summed E-state index contributed by atoms with van der Waals surface area (Å²) in [4.78, 5) is 14.2. The Kier molecular flexibility index (Phi) is 4.66. The zero-order valence-corrected chi connectivity index (χ0v) is 11.0. The lowest BCUT2D eigenvalue weighted by molar-refractivity contribution is -0.121. The van der Waals surface area contributed by atoms with Crippen molar-refractivity contribution in [3.8, 4) is 6.07 Å². The molecule has 0 N–H and O–H groups in total. The minimum Gasteiger partial charge on any atom is -0.311 e. The highest BCUT2D eigenvalue weighted by Crippen LogP contribution is 2.27. The van der Waals surface area contributed by atoms with Crippen molar-refractivity contribution >= 4 is 23.4 Å². The first kappa shape index (κ1) is 13.0. The number of rotatable bonds is 4. The van der Waals surface area contributed by atoms with Crippen LogP contribution in [0.25, 0.3) is 0 Å². The van der Waals surface area contributed by atoms with Gasteiger partial charge in [-0.15, -0.1) is 0 Å². The summed E-state index contributed by atoms with van der Waals surface area (Å²) in [7, 11) is 0. The van der Waals surface area contributed by atoms with Gasteiger partial charge in [0.1, 0.15) is 0 Å². The van der Waals surface area contributed by atoms with Crippen LogP contribution in [0.15, 0.2) is 30.3 Å². The van der Waals surface area contributed by atoms with Crippen molar-refractivity contribution in [2.24, 2.45) is 5.92 Å². The summed E-state index contributed by atoms with van der Waals surface area (Å²) in [5.74, 6) is 2.27. The topological polar surface area (TPSA) is 44.1 Å². The van der Waals surface area contributed by atoms with Gasteiger partial charge >= 0.3 is 0 Å². The zero-order chi connectivity index (χ0) is 12.8. The number of carbonyl (C=O) groups is 1. The molecule has 0 radical (unpaired) electrons. The number of nitriles is 1. The standard InChI is InChI=1S/C14H16N2OS/c15-8-4-9-16(13-5-2-1-3-6-13)14(17)12-7-10-18-11-12/h1-3,5-6,12H,4,7,9-11H2. The van der Waals surface area contributed by atoms with Crippen LogP contribution in [-0.2, 0) is 4.79 Å². The molecule has 0 saturated carbocycles. The molecule has 2 rings (SSSR count). The number of para-hydroxylation sites is 1. The van der Waals surface area contributed by atoms with Crippen LogP contribution in [0, 0.1) is 17.2 Å². The number of amides is 1. The van der Waals surface area contributed by atoms with Crippen molar-refractivity contribution in [1.29, 1.82) is 5.26 Å². The van der Waals surface area contributed by atoms with E-state index in [0.717, 1.165) is 23.6 Å². The van der Waals surface area contributed by atoms with Gasteiger partial charge in [0.2, 0.25) is 5.91 Å². The van der Waals surface area contributed by atoms with Gasteiger partial charge < -0.3 is 4.90 Å². The van der Waals surface area contributed by atoms with Gasteiger partial charge in [-0.25, -0.2) is 0 Å². The highest BCUT2D eigenvalue weighted by molar-refractivity contribution is 7.99. The molecule has 1 amide bonds. The van der Waals surface area contributed by atoms with Crippen molar-refractivity contribution < 1.29 is 4.79 Å². The second-order valence-corrected chi connectivity index (χ2v) is 5.44. The lowest BCUT2D eigenvalue weighted by atomic mass is 10.1. The molecule has 4 heteroatoms. The van der Waals surface area contributed by atoms with Gasteiger partial charge in [-0.3, -0.25) is 4.79 Å². The average Bonchev–Trinajstić information content (AvgIpc) is 2.94. The Hall–Kier alpha value is -1.47.